The van der Waals surface area contributed by atoms with E-state index in [1.165, 1.54) is 6.20 Å². The summed E-state index contributed by atoms with van der Waals surface area (Å²) in [4.78, 5) is 24.3. The molecule has 6 heteroatoms. The molecule has 6 nitrogen and oxygen atoms in total. The Hall–Kier alpha value is -1.85. The predicted molar refractivity (Wildman–Crippen MR) is 54.9 cm³/mol. The number of carboxylic acid groups (broad SMARTS) is 1. The fraction of sp³-hybridized carbons (Fsp3) is 0.500. The number of hydrogen-bond acceptors (Lipinski definition) is 3. The zero-order valence-electron chi connectivity index (χ0n) is 8.72. The summed E-state index contributed by atoms with van der Waals surface area (Å²) in [6.45, 7) is 0.898. The third kappa shape index (κ3) is 2.05. The molecule has 0 radical (unpaired) electrons. The van der Waals surface area contributed by atoms with E-state index in [0.717, 1.165) is 6.42 Å². The van der Waals surface area contributed by atoms with Crippen molar-refractivity contribution in [2.75, 3.05) is 13.1 Å². The number of aromatic amines is 1. The average Bonchev–Trinajstić information content (AvgIpc) is 2.81. The van der Waals surface area contributed by atoms with Gasteiger partial charge in [-0.3, -0.25) is 14.7 Å². The van der Waals surface area contributed by atoms with Gasteiger partial charge in [-0.2, -0.15) is 5.10 Å². The van der Waals surface area contributed by atoms with Crippen molar-refractivity contribution in [2.45, 2.75) is 12.8 Å². The quantitative estimate of drug-likeness (QED) is 0.757. The molecule has 1 aromatic heterocycles. The summed E-state index contributed by atoms with van der Waals surface area (Å²) in [6, 6.07) is 1.59. The number of piperidine rings is 1. The Bertz CT molecular complexity index is 388. The highest BCUT2D eigenvalue weighted by Crippen LogP contribution is 2.18. The minimum atomic E-state index is -0.831. The predicted octanol–water partition coefficient (Wildman–Crippen LogP) is 0.347. The number of carboxylic acids is 1. The zero-order valence-corrected chi connectivity index (χ0v) is 8.72. The van der Waals surface area contributed by atoms with Crippen LogP contribution in [-0.4, -0.2) is 45.2 Å². The van der Waals surface area contributed by atoms with E-state index in [0.29, 0.717) is 18.7 Å². The topological polar surface area (TPSA) is 86.3 Å². The first-order chi connectivity index (χ1) is 7.68. The lowest BCUT2D eigenvalue weighted by Crippen LogP contribution is -2.42. The van der Waals surface area contributed by atoms with Crippen LogP contribution in [0.15, 0.2) is 12.3 Å². The second-order valence-electron chi connectivity index (χ2n) is 3.90. The van der Waals surface area contributed by atoms with Crippen molar-refractivity contribution in [1.82, 2.24) is 15.1 Å². The second-order valence-corrected chi connectivity index (χ2v) is 3.90. The minimum absolute atomic E-state index is 0.177. The maximum absolute atomic E-state index is 11.9. The van der Waals surface area contributed by atoms with Crippen molar-refractivity contribution in [3.63, 3.8) is 0 Å². The fourth-order valence-electron chi connectivity index (χ4n) is 1.91. The molecule has 1 aliphatic heterocycles. The van der Waals surface area contributed by atoms with Crippen molar-refractivity contribution in [3.05, 3.63) is 18.0 Å². The van der Waals surface area contributed by atoms with Gasteiger partial charge in [-0.05, 0) is 18.9 Å². The molecule has 1 aliphatic rings. The first-order valence-corrected chi connectivity index (χ1v) is 5.20. The number of rotatable bonds is 2. The fourth-order valence-corrected chi connectivity index (χ4v) is 1.91. The number of carbonyl (C=O) groups is 2. The highest BCUT2D eigenvalue weighted by atomic mass is 16.4. The van der Waals surface area contributed by atoms with Gasteiger partial charge in [-0.15, -0.1) is 0 Å². The van der Waals surface area contributed by atoms with E-state index in [1.54, 1.807) is 11.0 Å². The monoisotopic (exact) mass is 223 g/mol. The standard InChI is InChI=1S/C10H13N3O3/c14-9(8-3-4-11-12-8)13-5-1-2-7(6-13)10(15)16/h3-4,7H,1-2,5-6H2,(H,11,12)(H,15,16)/t7-/m0/s1. The lowest BCUT2D eigenvalue weighted by Gasteiger charge is -2.30. The first kappa shape index (κ1) is 10.7. The third-order valence-corrected chi connectivity index (χ3v) is 2.79. The molecule has 1 aromatic rings. The summed E-state index contributed by atoms with van der Waals surface area (Å²) in [5.41, 5.74) is 0.408. The van der Waals surface area contributed by atoms with Crippen molar-refractivity contribution < 1.29 is 14.7 Å². The molecule has 0 bridgehead atoms. The molecule has 16 heavy (non-hydrogen) atoms. The van der Waals surface area contributed by atoms with Gasteiger partial charge in [0.05, 0.1) is 5.92 Å². The molecular formula is C10H13N3O3. The van der Waals surface area contributed by atoms with Crippen molar-refractivity contribution in [3.8, 4) is 0 Å². The van der Waals surface area contributed by atoms with Crippen molar-refractivity contribution in [2.24, 2.45) is 5.92 Å². The Balaban J connectivity index is 2.05. The number of amides is 1. The molecule has 1 amide bonds. The summed E-state index contributed by atoms with van der Waals surface area (Å²) >= 11 is 0. The SMILES string of the molecule is O=C(O)[C@H]1CCCN(C(=O)c2ccn[nH]2)C1. The average molecular weight is 223 g/mol. The van der Waals surface area contributed by atoms with Crippen LogP contribution in [0.4, 0.5) is 0 Å². The van der Waals surface area contributed by atoms with Crippen molar-refractivity contribution in [1.29, 1.82) is 0 Å². The Morgan fingerprint density at radius 2 is 2.38 bits per heavy atom. The Labute approximate surface area is 92.3 Å². The number of nitrogens with one attached hydrogen (secondary N) is 1. The number of nitrogens with zero attached hydrogens (tertiary/aromatic N) is 2. The van der Waals surface area contributed by atoms with Gasteiger partial charge in [0.1, 0.15) is 5.69 Å². The number of aliphatic carboxylic acids is 1. The molecule has 0 aromatic carbocycles. The molecule has 1 saturated heterocycles. The summed E-state index contributed by atoms with van der Waals surface area (Å²) in [7, 11) is 0. The van der Waals surface area contributed by atoms with Gasteiger partial charge in [0.25, 0.3) is 5.91 Å². The third-order valence-electron chi connectivity index (χ3n) is 2.79. The number of H-pyrrole nitrogens is 1. The van der Waals surface area contributed by atoms with Gasteiger partial charge >= 0.3 is 5.97 Å². The van der Waals surface area contributed by atoms with Gasteiger partial charge in [0, 0.05) is 19.3 Å². The van der Waals surface area contributed by atoms with Crippen LogP contribution >= 0.6 is 0 Å². The molecule has 0 spiro atoms. The molecule has 2 rings (SSSR count). The van der Waals surface area contributed by atoms with Crippen LogP contribution < -0.4 is 0 Å². The summed E-state index contributed by atoms with van der Waals surface area (Å²) in [6.07, 6.45) is 2.88. The van der Waals surface area contributed by atoms with E-state index in [9.17, 15) is 9.59 Å². The van der Waals surface area contributed by atoms with Crippen LogP contribution in [0.2, 0.25) is 0 Å². The van der Waals surface area contributed by atoms with Gasteiger partial charge < -0.3 is 10.0 Å². The van der Waals surface area contributed by atoms with Crippen LogP contribution in [-0.2, 0) is 4.79 Å². The molecular weight excluding hydrogens is 210 g/mol. The summed E-state index contributed by atoms with van der Waals surface area (Å²) in [5.74, 6) is -1.45. The van der Waals surface area contributed by atoms with Crippen LogP contribution in [0, 0.1) is 5.92 Å². The van der Waals surface area contributed by atoms with E-state index >= 15 is 0 Å². The highest BCUT2D eigenvalue weighted by molar-refractivity contribution is 5.92. The number of likely N-dealkylation sites (tertiary alicyclic amines) is 1. The lowest BCUT2D eigenvalue weighted by molar-refractivity contribution is -0.143. The van der Waals surface area contributed by atoms with Crippen LogP contribution in [0.5, 0.6) is 0 Å². The Morgan fingerprint density at radius 3 is 3.00 bits per heavy atom. The summed E-state index contributed by atoms with van der Waals surface area (Å²) < 4.78 is 0. The van der Waals surface area contributed by atoms with Crippen LogP contribution in [0.25, 0.3) is 0 Å². The van der Waals surface area contributed by atoms with E-state index in [4.69, 9.17) is 5.11 Å². The van der Waals surface area contributed by atoms with Gasteiger partial charge in [0.15, 0.2) is 0 Å². The molecule has 0 aliphatic carbocycles. The van der Waals surface area contributed by atoms with Crippen LogP contribution in [0.3, 0.4) is 0 Å². The van der Waals surface area contributed by atoms with Crippen LogP contribution in [0.1, 0.15) is 23.3 Å². The van der Waals surface area contributed by atoms with E-state index in [1.807, 2.05) is 0 Å². The Kier molecular flexibility index (Phi) is 2.89. The molecule has 1 fully saturated rings. The van der Waals surface area contributed by atoms with E-state index in [-0.39, 0.29) is 12.5 Å². The van der Waals surface area contributed by atoms with Crippen molar-refractivity contribution >= 4 is 11.9 Å². The minimum Gasteiger partial charge on any atom is -0.481 e. The second kappa shape index (κ2) is 4.34. The smallest absolute Gasteiger partial charge is 0.308 e. The number of hydrogen-bond donors (Lipinski definition) is 2. The number of carbonyl (C=O) groups excluding carboxylic acids is 1. The zero-order chi connectivity index (χ0) is 11.5. The normalized spacial score (nSPS) is 20.8. The van der Waals surface area contributed by atoms with Gasteiger partial charge in [0.2, 0.25) is 0 Å². The Morgan fingerprint density at radius 1 is 1.56 bits per heavy atom. The maximum Gasteiger partial charge on any atom is 0.308 e. The van der Waals surface area contributed by atoms with E-state index in [2.05, 4.69) is 10.2 Å². The lowest BCUT2D eigenvalue weighted by atomic mass is 9.98. The molecule has 0 saturated carbocycles. The molecule has 1 atom stereocenters. The van der Waals surface area contributed by atoms with Gasteiger partial charge in [-0.25, -0.2) is 0 Å². The summed E-state index contributed by atoms with van der Waals surface area (Å²) in [5, 5.41) is 15.2. The molecule has 2 heterocycles. The molecule has 2 N–H and O–H groups in total. The highest BCUT2D eigenvalue weighted by Gasteiger charge is 2.28. The maximum atomic E-state index is 11.9. The van der Waals surface area contributed by atoms with Gasteiger partial charge in [-0.1, -0.05) is 0 Å². The number of aromatic nitrogens is 2. The largest absolute Gasteiger partial charge is 0.481 e. The molecule has 0 unspecified atom stereocenters. The molecule has 86 valence electrons. The van der Waals surface area contributed by atoms with E-state index < -0.39 is 11.9 Å². The first-order valence-electron chi connectivity index (χ1n) is 5.20.